The van der Waals surface area contributed by atoms with Crippen molar-refractivity contribution in [2.75, 3.05) is 5.73 Å². The van der Waals surface area contributed by atoms with Gasteiger partial charge in [-0.3, -0.25) is 14.9 Å². The Hall–Kier alpha value is -2.98. The van der Waals surface area contributed by atoms with E-state index in [-0.39, 0.29) is 11.8 Å². The first-order chi connectivity index (χ1) is 12.5. The maximum Gasteiger partial charge on any atom is 0.335 e. The minimum atomic E-state index is -2.27. The maximum atomic E-state index is 12.1. The summed E-state index contributed by atoms with van der Waals surface area (Å²) in [6.45, 7) is 1.96. The van der Waals surface area contributed by atoms with Gasteiger partial charge < -0.3 is 26.2 Å². The summed E-state index contributed by atoms with van der Waals surface area (Å²) < 4.78 is 0. The van der Waals surface area contributed by atoms with Gasteiger partial charge >= 0.3 is 11.9 Å². The van der Waals surface area contributed by atoms with Crippen LogP contribution in [0.15, 0.2) is 24.3 Å². The lowest BCUT2D eigenvalue weighted by Crippen LogP contribution is -2.51. The van der Waals surface area contributed by atoms with E-state index in [1.807, 2.05) is 19.1 Å². The van der Waals surface area contributed by atoms with Crippen molar-refractivity contribution in [2.24, 2.45) is 0 Å². The SMILES string of the molecule is CC[C@@]1(c2ccc(N)cc2)CCC(=O)NC1=O.O=C(O)[C@@H](O)[C@H](O)C(=O)O. The molecular weight excluding hydrogens is 360 g/mol. The number of nitrogens with one attached hydrogen (secondary N) is 1. The van der Waals surface area contributed by atoms with E-state index in [0.717, 1.165) is 5.56 Å². The summed E-state index contributed by atoms with van der Waals surface area (Å²) in [6.07, 6.45) is -2.90. The van der Waals surface area contributed by atoms with E-state index in [1.165, 1.54) is 0 Å². The maximum absolute atomic E-state index is 12.1. The van der Waals surface area contributed by atoms with Gasteiger partial charge in [-0.05, 0) is 30.5 Å². The molecule has 10 nitrogen and oxygen atoms in total. The molecule has 1 aromatic carbocycles. The number of hydrogen-bond donors (Lipinski definition) is 6. The van der Waals surface area contributed by atoms with E-state index in [4.69, 9.17) is 26.2 Å². The normalized spacial score (nSPS) is 21.3. The molecule has 0 radical (unpaired) electrons. The van der Waals surface area contributed by atoms with Crippen molar-refractivity contribution in [3.05, 3.63) is 29.8 Å². The predicted molar refractivity (Wildman–Crippen MR) is 92.5 cm³/mol. The summed E-state index contributed by atoms with van der Waals surface area (Å²) in [5.74, 6) is -3.92. The van der Waals surface area contributed by atoms with Gasteiger partial charge in [-0.2, -0.15) is 0 Å². The van der Waals surface area contributed by atoms with Crippen molar-refractivity contribution in [3.8, 4) is 0 Å². The van der Waals surface area contributed by atoms with E-state index in [0.29, 0.717) is 24.9 Å². The quantitative estimate of drug-likeness (QED) is 0.281. The zero-order valence-corrected chi connectivity index (χ0v) is 14.6. The molecule has 0 aliphatic carbocycles. The van der Waals surface area contributed by atoms with Crippen LogP contribution in [0.3, 0.4) is 0 Å². The molecule has 1 aliphatic heterocycles. The smallest absolute Gasteiger partial charge is 0.335 e. The number of aliphatic hydroxyl groups excluding tert-OH is 2. The molecule has 10 heteroatoms. The number of hydrogen-bond acceptors (Lipinski definition) is 7. The summed E-state index contributed by atoms with van der Waals surface area (Å²) >= 11 is 0. The highest BCUT2D eigenvalue weighted by Gasteiger charge is 2.42. The van der Waals surface area contributed by atoms with Gasteiger partial charge in [-0.25, -0.2) is 9.59 Å². The average Bonchev–Trinajstić information content (AvgIpc) is 2.62. The summed E-state index contributed by atoms with van der Waals surface area (Å²) in [5, 5.41) is 35.0. The van der Waals surface area contributed by atoms with Crippen molar-refractivity contribution < 1.29 is 39.6 Å². The van der Waals surface area contributed by atoms with E-state index in [1.54, 1.807) is 12.1 Å². The van der Waals surface area contributed by atoms with Crippen LogP contribution in [0, 0.1) is 0 Å². The Bertz CT molecular complexity index is 700. The number of rotatable bonds is 5. The van der Waals surface area contributed by atoms with Crippen LogP contribution in [0.25, 0.3) is 0 Å². The highest BCUT2D eigenvalue weighted by Crippen LogP contribution is 2.35. The van der Waals surface area contributed by atoms with Gasteiger partial charge in [0.15, 0.2) is 12.2 Å². The number of carboxylic acids is 2. The molecule has 3 atom stereocenters. The molecule has 1 aliphatic rings. The van der Waals surface area contributed by atoms with Crippen molar-refractivity contribution in [2.45, 2.75) is 43.8 Å². The molecule has 1 aromatic rings. The van der Waals surface area contributed by atoms with E-state index in [9.17, 15) is 19.2 Å². The zero-order chi connectivity index (χ0) is 20.8. The van der Waals surface area contributed by atoms with Crippen LogP contribution in [0.5, 0.6) is 0 Å². The molecule has 0 saturated carbocycles. The van der Waals surface area contributed by atoms with Crippen LogP contribution in [0.2, 0.25) is 0 Å². The molecule has 2 amide bonds. The second-order valence-electron chi connectivity index (χ2n) is 6.00. The largest absolute Gasteiger partial charge is 0.479 e. The van der Waals surface area contributed by atoms with Crippen LogP contribution in [0.1, 0.15) is 31.7 Å². The highest BCUT2D eigenvalue weighted by atomic mass is 16.4. The Labute approximate surface area is 154 Å². The highest BCUT2D eigenvalue weighted by molar-refractivity contribution is 6.03. The van der Waals surface area contributed by atoms with Crippen molar-refractivity contribution in [1.82, 2.24) is 5.32 Å². The first-order valence-electron chi connectivity index (χ1n) is 8.07. The molecule has 2 rings (SSSR count). The molecule has 0 unspecified atom stereocenters. The number of carbonyl (C=O) groups is 4. The van der Waals surface area contributed by atoms with E-state index >= 15 is 0 Å². The number of nitrogens with two attached hydrogens (primary N) is 1. The van der Waals surface area contributed by atoms with Gasteiger partial charge in [0.05, 0.1) is 5.41 Å². The summed E-state index contributed by atoms with van der Waals surface area (Å²) in [6, 6.07) is 7.31. The molecular formula is C17H22N2O8. The first kappa shape index (κ1) is 22.1. The lowest BCUT2D eigenvalue weighted by molar-refractivity contribution is -0.165. The van der Waals surface area contributed by atoms with Crippen LogP contribution in [-0.2, 0) is 24.6 Å². The number of aliphatic carboxylic acids is 2. The van der Waals surface area contributed by atoms with Gasteiger partial charge in [0.1, 0.15) is 0 Å². The summed E-state index contributed by atoms with van der Waals surface area (Å²) in [5.41, 5.74) is 6.66. The number of nitrogen functional groups attached to an aromatic ring is 1. The van der Waals surface area contributed by atoms with Crippen molar-refractivity contribution >= 4 is 29.4 Å². The second kappa shape index (κ2) is 9.10. The standard InChI is InChI=1S/C13H16N2O2.C4H6O6/c1-2-13(8-7-11(16)15-12(13)17)9-3-5-10(14)6-4-9;5-1(3(7)8)2(6)4(9)10/h3-6H,2,7-8,14H2,1H3,(H,15,16,17);1-2,5-6H,(H,7,8)(H,9,10)/t13-;1-,2-/m00/s1. The molecule has 0 bridgehead atoms. The average molecular weight is 382 g/mol. The van der Waals surface area contributed by atoms with Gasteiger partial charge in [0.25, 0.3) is 0 Å². The Balaban J connectivity index is 0.000000314. The number of imide groups is 1. The van der Waals surface area contributed by atoms with E-state index < -0.39 is 29.6 Å². The third-order valence-corrected chi connectivity index (χ3v) is 4.34. The molecule has 1 saturated heterocycles. The number of anilines is 1. The molecule has 27 heavy (non-hydrogen) atoms. The molecule has 1 heterocycles. The summed E-state index contributed by atoms with van der Waals surface area (Å²) in [4.78, 5) is 42.8. The first-order valence-corrected chi connectivity index (χ1v) is 8.07. The second-order valence-corrected chi connectivity index (χ2v) is 6.00. The molecule has 148 valence electrons. The Kier molecular flexibility index (Phi) is 7.44. The zero-order valence-electron chi connectivity index (χ0n) is 14.6. The fraction of sp³-hybridized carbons (Fsp3) is 0.412. The number of carboxylic acid groups (broad SMARTS) is 2. The van der Waals surface area contributed by atoms with Crippen molar-refractivity contribution in [1.29, 1.82) is 0 Å². The minimum absolute atomic E-state index is 0.186. The number of aliphatic hydroxyl groups is 2. The molecule has 0 aromatic heterocycles. The Morgan fingerprint density at radius 3 is 1.96 bits per heavy atom. The minimum Gasteiger partial charge on any atom is -0.479 e. The molecule has 0 spiro atoms. The fourth-order valence-electron chi connectivity index (χ4n) is 2.64. The monoisotopic (exact) mass is 382 g/mol. The number of benzene rings is 1. The summed E-state index contributed by atoms with van der Waals surface area (Å²) in [7, 11) is 0. The lowest BCUT2D eigenvalue weighted by atomic mass is 9.72. The van der Waals surface area contributed by atoms with Crippen LogP contribution in [0.4, 0.5) is 5.69 Å². The lowest BCUT2D eigenvalue weighted by Gasteiger charge is -2.34. The fourth-order valence-corrected chi connectivity index (χ4v) is 2.64. The number of piperidine rings is 1. The third-order valence-electron chi connectivity index (χ3n) is 4.34. The van der Waals surface area contributed by atoms with E-state index in [2.05, 4.69) is 5.32 Å². The topological polar surface area (TPSA) is 187 Å². The van der Waals surface area contributed by atoms with Crippen molar-refractivity contribution in [3.63, 3.8) is 0 Å². The van der Waals surface area contributed by atoms with Gasteiger partial charge in [-0.15, -0.1) is 0 Å². The van der Waals surface area contributed by atoms with Gasteiger partial charge in [-0.1, -0.05) is 19.1 Å². The number of carbonyl (C=O) groups excluding carboxylic acids is 2. The van der Waals surface area contributed by atoms with Gasteiger partial charge in [0.2, 0.25) is 11.8 Å². The van der Waals surface area contributed by atoms with Crippen LogP contribution >= 0.6 is 0 Å². The predicted octanol–water partition coefficient (Wildman–Crippen LogP) is -0.769. The molecule has 1 fully saturated rings. The van der Waals surface area contributed by atoms with Crippen LogP contribution < -0.4 is 11.1 Å². The Morgan fingerprint density at radius 1 is 1.11 bits per heavy atom. The third kappa shape index (κ3) is 5.25. The Morgan fingerprint density at radius 2 is 1.59 bits per heavy atom. The number of amides is 2. The molecule has 7 N–H and O–H groups in total. The van der Waals surface area contributed by atoms with Crippen LogP contribution in [-0.4, -0.2) is 56.4 Å². The van der Waals surface area contributed by atoms with Gasteiger partial charge in [0, 0.05) is 12.1 Å².